The summed E-state index contributed by atoms with van der Waals surface area (Å²) in [6.07, 6.45) is 0. The summed E-state index contributed by atoms with van der Waals surface area (Å²) in [5, 5.41) is 18.3. The van der Waals surface area contributed by atoms with Crippen LogP contribution in [0.1, 0.15) is 36.5 Å². The van der Waals surface area contributed by atoms with Gasteiger partial charge in [0.15, 0.2) is 12.3 Å². The predicted molar refractivity (Wildman–Crippen MR) is 105 cm³/mol. The minimum atomic E-state index is -0.524. The van der Waals surface area contributed by atoms with E-state index in [4.69, 9.17) is 4.74 Å². The topological polar surface area (TPSA) is 87.0 Å². The number of carbonyl (C=O) groups excluding carboxylic acids is 1. The number of H-pyrrole nitrogens is 1. The molecule has 1 heterocycles. The Morgan fingerprint density at radius 2 is 1.96 bits per heavy atom. The molecule has 27 heavy (non-hydrogen) atoms. The van der Waals surface area contributed by atoms with Gasteiger partial charge in [-0.2, -0.15) is 0 Å². The van der Waals surface area contributed by atoms with E-state index in [1.54, 1.807) is 0 Å². The molecule has 0 aliphatic carbocycles. The van der Waals surface area contributed by atoms with Crippen molar-refractivity contribution in [2.24, 2.45) is 10.2 Å². The van der Waals surface area contributed by atoms with E-state index >= 15 is 0 Å². The number of carbonyl (C=O) groups is 1. The van der Waals surface area contributed by atoms with E-state index in [0.29, 0.717) is 17.1 Å². The van der Waals surface area contributed by atoms with Crippen molar-refractivity contribution in [3.8, 4) is 11.6 Å². The molecule has 0 bridgehead atoms. The van der Waals surface area contributed by atoms with Crippen molar-refractivity contribution in [2.45, 2.75) is 33.6 Å². The monoisotopic (exact) mass is 365 g/mol. The highest BCUT2D eigenvalue weighted by atomic mass is 16.5. The molecular formula is C21H23N3O3. The van der Waals surface area contributed by atoms with Gasteiger partial charge in [0, 0.05) is 5.39 Å². The molecule has 6 heteroatoms. The van der Waals surface area contributed by atoms with E-state index in [9.17, 15) is 9.90 Å². The molecule has 2 N–H and O–H groups in total. The summed E-state index contributed by atoms with van der Waals surface area (Å²) in [4.78, 5) is 14.9. The summed E-state index contributed by atoms with van der Waals surface area (Å²) in [7, 11) is 0. The molecule has 0 atom stereocenters. The van der Waals surface area contributed by atoms with Crippen LogP contribution in [0.5, 0.6) is 11.6 Å². The van der Waals surface area contributed by atoms with Crippen LogP contribution < -0.4 is 4.74 Å². The second kappa shape index (κ2) is 7.61. The third-order valence-electron chi connectivity index (χ3n) is 4.39. The lowest BCUT2D eigenvalue weighted by atomic mass is 10.0. The first-order valence-electron chi connectivity index (χ1n) is 8.84. The molecule has 0 saturated carbocycles. The Kier molecular flexibility index (Phi) is 5.26. The lowest BCUT2D eigenvalue weighted by Crippen LogP contribution is -2.08. The smallest absolute Gasteiger partial charge is 0.302 e. The van der Waals surface area contributed by atoms with Crippen LogP contribution in [0.25, 0.3) is 10.9 Å². The molecule has 0 saturated heterocycles. The molecule has 3 aromatic rings. The maximum Gasteiger partial charge on any atom is 0.302 e. The van der Waals surface area contributed by atoms with Crippen molar-refractivity contribution in [1.82, 2.24) is 4.98 Å². The van der Waals surface area contributed by atoms with Crippen molar-refractivity contribution >= 4 is 22.5 Å². The second-order valence-corrected chi connectivity index (χ2v) is 6.93. The molecule has 0 unspecified atom stereocenters. The van der Waals surface area contributed by atoms with Gasteiger partial charge in [-0.15, -0.1) is 10.2 Å². The standard InChI is InChI=1S/C21H23N3O3/c1-12(2)15-6-8-18(14(4)10-15)27-11-19(25)23-24-20-16-9-13(3)5-7-17(16)22-21(20)26/h5-10,12,22,26H,11H2,1-4H3. The van der Waals surface area contributed by atoms with Gasteiger partial charge in [0.1, 0.15) is 5.75 Å². The van der Waals surface area contributed by atoms with Gasteiger partial charge >= 0.3 is 5.91 Å². The molecule has 140 valence electrons. The summed E-state index contributed by atoms with van der Waals surface area (Å²) in [5.41, 5.74) is 4.19. The minimum Gasteiger partial charge on any atom is -0.493 e. The Hall–Kier alpha value is -3.15. The maximum absolute atomic E-state index is 12.0. The Morgan fingerprint density at radius 3 is 2.67 bits per heavy atom. The van der Waals surface area contributed by atoms with Crippen LogP contribution in [0.3, 0.4) is 0 Å². The van der Waals surface area contributed by atoms with Crippen molar-refractivity contribution in [1.29, 1.82) is 0 Å². The number of fused-ring (bicyclic) bond motifs is 1. The van der Waals surface area contributed by atoms with E-state index in [2.05, 4.69) is 35.1 Å². The molecule has 1 amide bonds. The summed E-state index contributed by atoms with van der Waals surface area (Å²) >= 11 is 0. The lowest BCUT2D eigenvalue weighted by molar-refractivity contribution is -0.120. The van der Waals surface area contributed by atoms with Crippen molar-refractivity contribution in [3.05, 3.63) is 53.1 Å². The number of nitrogens with zero attached hydrogens (tertiary/aromatic N) is 2. The molecule has 0 fully saturated rings. The first-order chi connectivity index (χ1) is 12.8. The van der Waals surface area contributed by atoms with Gasteiger partial charge in [0.25, 0.3) is 0 Å². The number of benzene rings is 2. The summed E-state index contributed by atoms with van der Waals surface area (Å²) in [5.74, 6) is 0.436. The van der Waals surface area contributed by atoms with Gasteiger partial charge in [0.2, 0.25) is 5.88 Å². The number of aromatic amines is 1. The fourth-order valence-electron chi connectivity index (χ4n) is 2.85. The van der Waals surface area contributed by atoms with E-state index in [1.807, 2.05) is 44.2 Å². The van der Waals surface area contributed by atoms with Crippen LogP contribution in [0, 0.1) is 13.8 Å². The van der Waals surface area contributed by atoms with Crippen molar-refractivity contribution in [3.63, 3.8) is 0 Å². The van der Waals surface area contributed by atoms with Crippen LogP contribution in [-0.4, -0.2) is 22.6 Å². The molecule has 2 aromatic carbocycles. The van der Waals surface area contributed by atoms with Gasteiger partial charge in [-0.05, 0) is 49.1 Å². The fourth-order valence-corrected chi connectivity index (χ4v) is 2.85. The number of aromatic hydroxyl groups is 1. The van der Waals surface area contributed by atoms with Gasteiger partial charge in [0.05, 0.1) is 5.52 Å². The van der Waals surface area contributed by atoms with Gasteiger partial charge in [-0.1, -0.05) is 37.6 Å². The first kappa shape index (κ1) is 18.6. The largest absolute Gasteiger partial charge is 0.493 e. The predicted octanol–water partition coefficient (Wildman–Crippen LogP) is 5.30. The highest BCUT2D eigenvalue weighted by molar-refractivity contribution is 5.94. The van der Waals surface area contributed by atoms with Crippen molar-refractivity contribution in [2.75, 3.05) is 6.61 Å². The normalized spacial score (nSPS) is 11.6. The number of aryl methyl sites for hydroxylation is 2. The molecule has 0 aliphatic heterocycles. The maximum atomic E-state index is 12.0. The van der Waals surface area contributed by atoms with Gasteiger partial charge in [-0.25, -0.2) is 0 Å². The van der Waals surface area contributed by atoms with Crippen molar-refractivity contribution < 1.29 is 14.6 Å². The number of ether oxygens (including phenoxy) is 1. The van der Waals surface area contributed by atoms with E-state index in [1.165, 1.54) is 5.56 Å². The molecular weight excluding hydrogens is 342 g/mol. The third-order valence-corrected chi connectivity index (χ3v) is 4.39. The molecule has 0 spiro atoms. The molecule has 0 radical (unpaired) electrons. The number of nitrogens with one attached hydrogen (secondary N) is 1. The SMILES string of the molecule is Cc1ccc2[nH]c(O)c(N=NC(=O)COc3ccc(C(C)C)cc3C)c2c1. The van der Waals surface area contributed by atoms with Crippen LogP contribution in [0.4, 0.5) is 5.69 Å². The zero-order valence-electron chi connectivity index (χ0n) is 15.9. The van der Waals surface area contributed by atoms with Crippen LogP contribution in [0.15, 0.2) is 46.6 Å². The number of hydrogen-bond acceptors (Lipinski definition) is 4. The molecule has 0 aliphatic rings. The average Bonchev–Trinajstić information content (AvgIpc) is 2.93. The van der Waals surface area contributed by atoms with E-state index in [-0.39, 0.29) is 18.2 Å². The summed E-state index contributed by atoms with van der Waals surface area (Å²) in [6.45, 7) is 7.92. The Morgan fingerprint density at radius 1 is 1.19 bits per heavy atom. The first-order valence-corrected chi connectivity index (χ1v) is 8.84. The molecule has 1 aromatic heterocycles. The molecule has 3 rings (SSSR count). The zero-order valence-corrected chi connectivity index (χ0v) is 15.9. The fraction of sp³-hybridized carbons (Fsp3) is 0.286. The minimum absolute atomic E-state index is 0.117. The summed E-state index contributed by atoms with van der Waals surface area (Å²) < 4.78 is 5.57. The van der Waals surface area contributed by atoms with E-state index < -0.39 is 5.91 Å². The quantitative estimate of drug-likeness (QED) is 0.601. The lowest BCUT2D eigenvalue weighted by Gasteiger charge is -2.11. The van der Waals surface area contributed by atoms with E-state index in [0.717, 1.165) is 16.6 Å². The number of aromatic nitrogens is 1. The molecule has 6 nitrogen and oxygen atoms in total. The van der Waals surface area contributed by atoms with Crippen LogP contribution in [-0.2, 0) is 4.79 Å². The number of amides is 1. The third kappa shape index (κ3) is 4.16. The number of azo groups is 1. The number of rotatable bonds is 5. The Bertz CT molecular complexity index is 1020. The van der Waals surface area contributed by atoms with Crippen LogP contribution >= 0.6 is 0 Å². The zero-order chi connectivity index (χ0) is 19.6. The Balaban J connectivity index is 1.70. The number of hydrogen-bond donors (Lipinski definition) is 2. The average molecular weight is 365 g/mol. The summed E-state index contributed by atoms with van der Waals surface area (Å²) in [6, 6.07) is 11.6. The second-order valence-electron chi connectivity index (χ2n) is 6.93. The van der Waals surface area contributed by atoms with Gasteiger partial charge < -0.3 is 14.8 Å². The van der Waals surface area contributed by atoms with Crippen LogP contribution in [0.2, 0.25) is 0 Å². The highest BCUT2D eigenvalue weighted by Crippen LogP contribution is 2.35. The Labute approximate surface area is 157 Å². The highest BCUT2D eigenvalue weighted by Gasteiger charge is 2.12. The van der Waals surface area contributed by atoms with Gasteiger partial charge in [-0.3, -0.25) is 4.79 Å².